The van der Waals surface area contributed by atoms with E-state index in [1.165, 1.54) is 0 Å². The largest absolute Gasteiger partial charge is 0.508 e. The van der Waals surface area contributed by atoms with Crippen LogP contribution in [0.2, 0.25) is 0 Å². The van der Waals surface area contributed by atoms with Gasteiger partial charge in [0.25, 0.3) is 0 Å². The van der Waals surface area contributed by atoms with Gasteiger partial charge in [-0.3, -0.25) is 4.79 Å². The first-order valence-electron chi connectivity index (χ1n) is 17.4. The summed E-state index contributed by atoms with van der Waals surface area (Å²) >= 11 is 0. The third-order valence-electron chi connectivity index (χ3n) is 9.95. The fourth-order valence-corrected chi connectivity index (χ4v) is 7.08. The highest BCUT2D eigenvalue weighted by molar-refractivity contribution is 7.20. The van der Waals surface area contributed by atoms with E-state index < -0.39 is 144 Å². The molecule has 0 bridgehead atoms. The van der Waals surface area contributed by atoms with Crippen LogP contribution in [0.15, 0.2) is 67.0 Å². The Morgan fingerprint density at radius 1 is 0.400 bits per heavy atom. The molecule has 24 heteroatoms. The molecule has 0 amide bonds. The molecule has 0 atom stereocenters. The number of carbonyl (C=O) groups is 1. The van der Waals surface area contributed by atoms with Crippen LogP contribution < -0.4 is 26.4 Å². The second-order valence-corrected chi connectivity index (χ2v) is 13.5. The molecule has 7 rings (SSSR count). The number of aromatic nitrogens is 1. The van der Waals surface area contributed by atoms with Crippen LogP contribution in [0.25, 0.3) is 10.8 Å². The highest BCUT2D eigenvalue weighted by Gasteiger charge is 2.52. The molecule has 338 valence electrons. The molecular formula is C41H14BF20NO2. The molecular weight excluding hydrogens is 929 g/mol. The minimum atomic E-state index is -7.22. The average Bonchev–Trinajstić information content (AvgIpc) is 3.29. The van der Waals surface area contributed by atoms with E-state index in [2.05, 4.69) is 0 Å². The Morgan fingerprint density at radius 3 is 1.03 bits per heavy atom. The van der Waals surface area contributed by atoms with E-state index in [1.807, 2.05) is 59.4 Å². The van der Waals surface area contributed by atoms with Crippen LogP contribution >= 0.6 is 0 Å². The van der Waals surface area contributed by atoms with Crippen LogP contribution in [0.1, 0.15) is 10.4 Å². The summed E-state index contributed by atoms with van der Waals surface area (Å²) in [6.45, 7) is 0.306. The minimum absolute atomic E-state index is 0.0775. The first kappa shape index (κ1) is 47.3. The van der Waals surface area contributed by atoms with Gasteiger partial charge in [0.2, 0.25) is 12.3 Å². The molecule has 65 heavy (non-hydrogen) atoms. The van der Waals surface area contributed by atoms with Crippen molar-refractivity contribution in [2.45, 2.75) is 6.54 Å². The Kier molecular flexibility index (Phi) is 12.7. The van der Waals surface area contributed by atoms with Crippen molar-refractivity contribution in [1.29, 1.82) is 0 Å². The molecule has 0 radical (unpaired) electrons. The fourth-order valence-electron chi connectivity index (χ4n) is 7.08. The Hall–Kier alpha value is -7.14. The van der Waals surface area contributed by atoms with E-state index in [1.54, 1.807) is 12.1 Å². The van der Waals surface area contributed by atoms with Crippen LogP contribution in [-0.2, 0) is 6.54 Å². The normalized spacial score (nSPS) is 11.6. The summed E-state index contributed by atoms with van der Waals surface area (Å²) in [7, 11) is 0. The molecule has 1 heterocycles. The van der Waals surface area contributed by atoms with E-state index in [0.29, 0.717) is 12.1 Å². The first-order chi connectivity index (χ1) is 30.4. The van der Waals surface area contributed by atoms with E-state index >= 15 is 35.1 Å². The number of Topliss-reactive ketones (excluding diaryl/α,β-unsaturated/α-hetero) is 1. The van der Waals surface area contributed by atoms with Crippen LogP contribution in [0.5, 0.6) is 5.75 Å². The third-order valence-corrected chi connectivity index (χ3v) is 9.95. The quantitative estimate of drug-likeness (QED) is 0.0435. The van der Waals surface area contributed by atoms with Gasteiger partial charge in [-0.2, -0.15) is 4.57 Å². The van der Waals surface area contributed by atoms with Crippen LogP contribution in [-0.4, -0.2) is 17.0 Å². The predicted molar refractivity (Wildman–Crippen MR) is 186 cm³/mol. The summed E-state index contributed by atoms with van der Waals surface area (Å²) in [4.78, 5) is 12.1. The van der Waals surface area contributed by atoms with E-state index in [9.17, 15) is 62.6 Å². The number of halogens is 20. The highest BCUT2D eigenvalue weighted by Crippen LogP contribution is 2.31. The maximum absolute atomic E-state index is 15.4. The van der Waals surface area contributed by atoms with Crippen molar-refractivity contribution in [3.05, 3.63) is 189 Å². The van der Waals surface area contributed by atoms with Gasteiger partial charge < -0.3 is 5.11 Å². The van der Waals surface area contributed by atoms with Gasteiger partial charge in [0, 0.05) is 17.0 Å². The zero-order valence-electron chi connectivity index (χ0n) is 31.0. The molecule has 7 aromatic rings. The Balaban J connectivity index is 0.000000289. The smallest absolute Gasteiger partial charge is 0.227 e. The maximum Gasteiger partial charge on any atom is 0.227 e. The van der Waals surface area contributed by atoms with Gasteiger partial charge >= 0.3 is 0 Å². The number of fused-ring (bicyclic) bond motifs is 1. The number of carbonyl (C=O) groups excluding carboxylic acids is 1. The molecule has 0 aliphatic carbocycles. The standard InChI is InChI=1S/C24BF20.C17H13NO2/c26-5-1(6(27)14(35)21(42)13(5)34)25(2-7(28)15(36)22(43)16(37)8(2)29,3-9(30)17(38)23(44)18(39)10(3)31)4-11(32)19(40)24(45)20(41)12(4)33;19-16-7-6-15-11-18(9-8-14(15)10-16)12-17(20)13-4-2-1-3-5-13/h;1-11H,12H2/q-1;/p+1. The number of nitrogens with zero attached hydrogens (tertiary/aromatic N) is 1. The summed E-state index contributed by atoms with van der Waals surface area (Å²) in [6, 6.07) is 16.4. The zero-order valence-corrected chi connectivity index (χ0v) is 31.0. The number of benzene rings is 6. The van der Waals surface area contributed by atoms with E-state index in [0.717, 1.165) is 10.8 Å². The Bertz CT molecular complexity index is 2730. The summed E-state index contributed by atoms with van der Waals surface area (Å²) in [6.07, 6.45) is -3.45. The SMILES string of the molecule is Fc1c(F)c(F)c([B-](c2c(F)c(F)c(F)c(F)c2F)(c2c(F)c(F)c(F)c(F)c2F)c2c(F)c(F)c(F)c(F)c2F)c(F)c1F.O=C(C[n+]1ccc2cc(O)ccc2c1)c1ccccc1. The summed E-state index contributed by atoms with van der Waals surface area (Å²) in [5.74, 6) is -71.1. The molecule has 1 N–H and O–H groups in total. The predicted octanol–water partition coefficient (Wildman–Crippen LogP) is 8.56. The van der Waals surface area contributed by atoms with Crippen molar-refractivity contribution < 1.29 is 102 Å². The topological polar surface area (TPSA) is 41.2 Å². The number of hydrogen-bond acceptors (Lipinski definition) is 2. The second kappa shape index (κ2) is 17.4. The molecule has 0 unspecified atom stereocenters. The van der Waals surface area contributed by atoms with Crippen molar-refractivity contribution in [1.82, 2.24) is 0 Å². The molecule has 6 aromatic carbocycles. The maximum atomic E-state index is 15.4. The number of aromatic hydroxyl groups is 1. The molecule has 0 spiro atoms. The number of ketones is 1. The monoisotopic (exact) mass is 943 g/mol. The number of hydrogen-bond donors (Lipinski definition) is 1. The number of rotatable bonds is 7. The summed E-state index contributed by atoms with van der Waals surface area (Å²) in [5, 5.41) is 11.4. The van der Waals surface area contributed by atoms with Crippen molar-refractivity contribution in [3.8, 4) is 5.75 Å². The van der Waals surface area contributed by atoms with Crippen molar-refractivity contribution in [2.75, 3.05) is 0 Å². The lowest BCUT2D eigenvalue weighted by Crippen LogP contribution is -2.81. The van der Waals surface area contributed by atoms with Gasteiger partial charge in [-0.1, -0.05) is 30.3 Å². The van der Waals surface area contributed by atoms with E-state index in [4.69, 9.17) is 0 Å². The first-order valence-corrected chi connectivity index (χ1v) is 17.4. The highest BCUT2D eigenvalue weighted by atomic mass is 19.2. The van der Waals surface area contributed by atoms with Crippen molar-refractivity contribution >= 4 is 44.6 Å². The zero-order chi connectivity index (χ0) is 48.3. The summed E-state index contributed by atoms with van der Waals surface area (Å²) < 4.78 is 296. The number of phenolic OH excluding ortho intramolecular Hbond substituents is 1. The van der Waals surface area contributed by atoms with E-state index in [-0.39, 0.29) is 11.5 Å². The molecule has 0 saturated heterocycles. The van der Waals surface area contributed by atoms with Crippen LogP contribution in [0.4, 0.5) is 87.8 Å². The second-order valence-electron chi connectivity index (χ2n) is 13.5. The fraction of sp³-hybridized carbons (Fsp3) is 0.0244. The van der Waals surface area contributed by atoms with Gasteiger partial charge in [0.05, 0.1) is 0 Å². The molecule has 1 aromatic heterocycles. The Labute approximate surface area is 347 Å². The van der Waals surface area contributed by atoms with Crippen molar-refractivity contribution in [2.24, 2.45) is 0 Å². The summed E-state index contributed by atoms with van der Waals surface area (Å²) in [5.41, 5.74) is -13.6. The lowest BCUT2D eigenvalue weighted by molar-refractivity contribution is -0.681. The molecule has 0 aliphatic rings. The van der Waals surface area contributed by atoms with Gasteiger partial charge in [-0.05, 0) is 23.6 Å². The van der Waals surface area contributed by atoms with Gasteiger partial charge in [0.1, 0.15) is 58.4 Å². The van der Waals surface area contributed by atoms with Gasteiger partial charge in [-0.25, -0.2) is 87.8 Å². The van der Waals surface area contributed by atoms with Crippen molar-refractivity contribution in [3.63, 3.8) is 0 Å². The molecule has 3 nitrogen and oxygen atoms in total. The minimum Gasteiger partial charge on any atom is -0.508 e. The molecule has 0 aliphatic heterocycles. The Morgan fingerprint density at radius 2 is 0.708 bits per heavy atom. The van der Waals surface area contributed by atoms with Gasteiger partial charge in [-0.15, -0.1) is 21.9 Å². The average molecular weight is 943 g/mol. The third kappa shape index (κ3) is 7.52. The molecule has 0 fully saturated rings. The lowest BCUT2D eigenvalue weighted by atomic mass is 9.12. The van der Waals surface area contributed by atoms with Crippen LogP contribution in [0, 0.1) is 116 Å². The van der Waals surface area contributed by atoms with Crippen LogP contribution in [0.3, 0.4) is 0 Å². The number of pyridine rings is 1. The molecule has 0 saturated carbocycles. The lowest BCUT2D eigenvalue weighted by Gasteiger charge is -2.44. The van der Waals surface area contributed by atoms with Gasteiger partial charge in [0.15, 0.2) is 82.2 Å². The number of phenols is 1.